The molecule has 0 radical (unpaired) electrons. The van der Waals surface area contributed by atoms with E-state index >= 15 is 0 Å². The van der Waals surface area contributed by atoms with Crippen LogP contribution < -0.4 is 4.74 Å². The van der Waals surface area contributed by atoms with Gasteiger partial charge in [-0.25, -0.2) is 8.78 Å². The highest BCUT2D eigenvalue weighted by molar-refractivity contribution is 5.89. The Morgan fingerprint density at radius 2 is 1.91 bits per heavy atom. The van der Waals surface area contributed by atoms with Gasteiger partial charge in [0.2, 0.25) is 0 Å². The van der Waals surface area contributed by atoms with Crippen molar-refractivity contribution in [3.63, 3.8) is 0 Å². The van der Waals surface area contributed by atoms with E-state index in [0.717, 1.165) is 6.29 Å². The number of hydrogen-bond donors (Lipinski definition) is 0. The van der Waals surface area contributed by atoms with Crippen molar-refractivity contribution in [3.05, 3.63) is 71.0 Å². The average Bonchev–Trinajstić information content (AvgIpc) is 2.53. The number of ether oxygens (including phenoxy) is 1. The fourth-order valence-electron chi connectivity index (χ4n) is 2.77. The van der Waals surface area contributed by atoms with Gasteiger partial charge in [-0.15, -0.1) is 0 Å². The molecular weight excluding hydrogens is 286 g/mol. The van der Waals surface area contributed by atoms with E-state index in [9.17, 15) is 13.6 Å². The summed E-state index contributed by atoms with van der Waals surface area (Å²) in [5.41, 5.74) is 1.63. The predicted molar refractivity (Wildman–Crippen MR) is 79.4 cm³/mol. The first-order valence-corrected chi connectivity index (χ1v) is 7.05. The molecule has 1 aliphatic heterocycles. The second kappa shape index (κ2) is 5.72. The van der Waals surface area contributed by atoms with Gasteiger partial charge in [0.1, 0.15) is 29.4 Å². The van der Waals surface area contributed by atoms with Crippen molar-refractivity contribution in [2.45, 2.75) is 19.3 Å². The Hall–Kier alpha value is -2.49. The molecule has 0 aromatic heterocycles. The maximum atomic E-state index is 13.5. The van der Waals surface area contributed by atoms with Crippen molar-refractivity contribution in [1.29, 1.82) is 0 Å². The molecule has 1 aliphatic rings. The van der Waals surface area contributed by atoms with Gasteiger partial charge in [-0.3, -0.25) is 0 Å². The zero-order valence-electron chi connectivity index (χ0n) is 12.0. The number of carbonyl (C=O) groups excluding carboxylic acids is 1. The highest BCUT2D eigenvalue weighted by atomic mass is 19.1. The second-order valence-electron chi connectivity index (χ2n) is 5.10. The molecule has 2 aromatic rings. The van der Waals surface area contributed by atoms with Crippen LogP contribution in [0.2, 0.25) is 0 Å². The first-order valence-electron chi connectivity index (χ1n) is 7.05. The van der Waals surface area contributed by atoms with Crippen LogP contribution in [0.3, 0.4) is 0 Å². The number of benzene rings is 2. The smallest absolute Gasteiger partial charge is 0.132 e. The molecule has 0 spiro atoms. The van der Waals surface area contributed by atoms with Crippen molar-refractivity contribution in [2.75, 3.05) is 0 Å². The first-order chi connectivity index (χ1) is 10.6. The fraction of sp³-hybridized carbons (Fsp3) is 0.167. The van der Waals surface area contributed by atoms with E-state index in [1.54, 1.807) is 12.1 Å². The van der Waals surface area contributed by atoms with Crippen molar-refractivity contribution in [1.82, 2.24) is 0 Å². The summed E-state index contributed by atoms with van der Waals surface area (Å²) in [4.78, 5) is 11.7. The number of aldehydes is 1. The molecule has 22 heavy (non-hydrogen) atoms. The normalized spacial score (nSPS) is 17.0. The van der Waals surface area contributed by atoms with Crippen LogP contribution in [0.4, 0.5) is 8.78 Å². The SMILES string of the molecule is CCC1=C(c2cccc(F)c2)C(C=O)c2cc(F)ccc2O1. The van der Waals surface area contributed by atoms with Gasteiger partial charge in [-0.2, -0.15) is 0 Å². The summed E-state index contributed by atoms with van der Waals surface area (Å²) in [6.07, 6.45) is 1.30. The molecular formula is C18H14F2O2. The Kier molecular flexibility index (Phi) is 3.75. The Labute approximate surface area is 127 Å². The summed E-state index contributed by atoms with van der Waals surface area (Å²) in [5.74, 6) is -0.434. The third-order valence-corrected chi connectivity index (χ3v) is 3.74. The first kappa shape index (κ1) is 14.4. The summed E-state index contributed by atoms with van der Waals surface area (Å²) >= 11 is 0. The molecule has 0 aliphatic carbocycles. The lowest BCUT2D eigenvalue weighted by Crippen LogP contribution is -2.16. The quantitative estimate of drug-likeness (QED) is 0.782. The molecule has 0 N–H and O–H groups in total. The van der Waals surface area contributed by atoms with Crippen LogP contribution in [0, 0.1) is 11.6 Å². The van der Waals surface area contributed by atoms with Crippen LogP contribution in [-0.4, -0.2) is 6.29 Å². The number of allylic oxidation sites excluding steroid dienone is 2. The molecule has 1 heterocycles. The monoisotopic (exact) mass is 300 g/mol. The van der Waals surface area contributed by atoms with E-state index < -0.39 is 17.6 Å². The van der Waals surface area contributed by atoms with Crippen LogP contribution in [0.1, 0.15) is 30.4 Å². The molecule has 0 fully saturated rings. The van der Waals surface area contributed by atoms with Crippen molar-refractivity contribution in [3.8, 4) is 5.75 Å². The highest BCUT2D eigenvalue weighted by Gasteiger charge is 2.30. The van der Waals surface area contributed by atoms with E-state index in [-0.39, 0.29) is 0 Å². The number of fused-ring (bicyclic) bond motifs is 1. The largest absolute Gasteiger partial charge is 0.461 e. The standard InChI is InChI=1S/C18H14F2O2/c1-2-16-18(11-4-3-5-12(19)8-11)15(10-21)14-9-13(20)6-7-17(14)22-16/h3-10,15H,2H2,1H3. The number of hydrogen-bond acceptors (Lipinski definition) is 2. The fourth-order valence-corrected chi connectivity index (χ4v) is 2.77. The lowest BCUT2D eigenvalue weighted by molar-refractivity contribution is -0.108. The van der Waals surface area contributed by atoms with Gasteiger partial charge >= 0.3 is 0 Å². The summed E-state index contributed by atoms with van der Waals surface area (Å²) in [6.45, 7) is 1.89. The van der Waals surface area contributed by atoms with E-state index in [0.29, 0.717) is 34.6 Å². The van der Waals surface area contributed by atoms with E-state index in [1.165, 1.54) is 30.3 Å². The van der Waals surface area contributed by atoms with Gasteiger partial charge in [0.05, 0.1) is 5.92 Å². The second-order valence-corrected chi connectivity index (χ2v) is 5.10. The van der Waals surface area contributed by atoms with Gasteiger partial charge in [0.25, 0.3) is 0 Å². The van der Waals surface area contributed by atoms with Crippen LogP contribution in [0.5, 0.6) is 5.75 Å². The van der Waals surface area contributed by atoms with E-state index in [2.05, 4.69) is 0 Å². The minimum absolute atomic E-state index is 0.393. The number of rotatable bonds is 3. The molecule has 0 saturated heterocycles. The molecule has 0 saturated carbocycles. The zero-order valence-corrected chi connectivity index (χ0v) is 12.0. The molecule has 1 unspecified atom stereocenters. The van der Waals surface area contributed by atoms with Gasteiger partial charge in [0, 0.05) is 17.6 Å². The van der Waals surface area contributed by atoms with Crippen molar-refractivity contribution in [2.24, 2.45) is 0 Å². The Morgan fingerprint density at radius 3 is 2.59 bits per heavy atom. The minimum atomic E-state index is -0.670. The predicted octanol–water partition coefficient (Wildman–Crippen LogP) is 4.46. The van der Waals surface area contributed by atoms with Crippen LogP contribution in [0.15, 0.2) is 48.2 Å². The number of halogens is 2. The maximum Gasteiger partial charge on any atom is 0.132 e. The Morgan fingerprint density at radius 1 is 1.14 bits per heavy atom. The number of carbonyl (C=O) groups is 1. The summed E-state index contributed by atoms with van der Waals surface area (Å²) in [6, 6.07) is 10.1. The lowest BCUT2D eigenvalue weighted by atomic mass is 9.84. The van der Waals surface area contributed by atoms with Crippen molar-refractivity contribution < 1.29 is 18.3 Å². The summed E-state index contributed by atoms with van der Waals surface area (Å²) in [5, 5.41) is 0. The highest BCUT2D eigenvalue weighted by Crippen LogP contribution is 2.43. The third-order valence-electron chi connectivity index (χ3n) is 3.74. The third kappa shape index (κ3) is 2.41. The van der Waals surface area contributed by atoms with Crippen LogP contribution in [0.25, 0.3) is 5.57 Å². The molecule has 1 atom stereocenters. The van der Waals surface area contributed by atoms with Gasteiger partial charge < -0.3 is 9.53 Å². The molecule has 4 heteroatoms. The van der Waals surface area contributed by atoms with Crippen LogP contribution >= 0.6 is 0 Å². The van der Waals surface area contributed by atoms with Gasteiger partial charge in [0.15, 0.2) is 0 Å². The molecule has 2 aromatic carbocycles. The molecule has 0 amide bonds. The summed E-state index contributed by atoms with van der Waals surface area (Å²) < 4.78 is 32.9. The van der Waals surface area contributed by atoms with Crippen LogP contribution in [-0.2, 0) is 4.79 Å². The Balaban J connectivity index is 2.21. The molecule has 2 nitrogen and oxygen atoms in total. The van der Waals surface area contributed by atoms with Gasteiger partial charge in [-0.1, -0.05) is 19.1 Å². The van der Waals surface area contributed by atoms with E-state index in [1.807, 2.05) is 6.92 Å². The maximum absolute atomic E-state index is 13.5. The lowest BCUT2D eigenvalue weighted by Gasteiger charge is -2.28. The molecule has 112 valence electrons. The minimum Gasteiger partial charge on any atom is -0.461 e. The van der Waals surface area contributed by atoms with E-state index in [4.69, 9.17) is 4.74 Å². The van der Waals surface area contributed by atoms with Gasteiger partial charge in [-0.05, 0) is 35.9 Å². The summed E-state index contributed by atoms with van der Waals surface area (Å²) in [7, 11) is 0. The molecule has 0 bridgehead atoms. The topological polar surface area (TPSA) is 26.3 Å². The Bertz CT molecular complexity index is 765. The zero-order chi connectivity index (χ0) is 15.7. The molecule has 3 rings (SSSR count). The average molecular weight is 300 g/mol. The van der Waals surface area contributed by atoms with Crippen molar-refractivity contribution >= 4 is 11.9 Å².